The molecule has 11 aromatic rings. The van der Waals surface area contributed by atoms with Crippen LogP contribution in [0.5, 0.6) is 0 Å². The van der Waals surface area contributed by atoms with E-state index in [9.17, 15) is 0 Å². The van der Waals surface area contributed by atoms with E-state index in [0.717, 1.165) is 39.3 Å². The Bertz CT molecular complexity index is 3290. The topological polar surface area (TPSA) is 35.6 Å². The lowest BCUT2D eigenvalue weighted by Crippen LogP contribution is -2.02. The lowest BCUT2D eigenvalue weighted by Gasteiger charge is -2.12. The Hall–Kier alpha value is -7.04. The van der Waals surface area contributed by atoms with Gasteiger partial charge in [-0.25, -0.2) is 9.97 Å². The summed E-state index contributed by atoms with van der Waals surface area (Å²) in [6, 6.07) is 61.4. The highest BCUT2D eigenvalue weighted by molar-refractivity contribution is 6.18. The molecule has 4 heterocycles. The summed E-state index contributed by atoms with van der Waals surface area (Å²) in [5, 5.41) is 7.40. The van der Waals surface area contributed by atoms with E-state index < -0.39 is 0 Å². The van der Waals surface area contributed by atoms with Crippen molar-refractivity contribution in [1.29, 1.82) is 0 Å². The second kappa shape index (κ2) is 10.3. The van der Waals surface area contributed by atoms with E-state index in [-0.39, 0.29) is 0 Å². The van der Waals surface area contributed by atoms with Gasteiger partial charge in [0.2, 0.25) is 0 Å². The van der Waals surface area contributed by atoms with E-state index in [1.54, 1.807) is 0 Å². The van der Waals surface area contributed by atoms with Gasteiger partial charge < -0.3 is 4.57 Å². The highest BCUT2D eigenvalue weighted by Crippen LogP contribution is 2.46. The Morgan fingerprint density at radius 3 is 1.75 bits per heavy atom. The summed E-state index contributed by atoms with van der Waals surface area (Å²) in [5.74, 6) is 0.867. The smallest absolute Gasteiger partial charge is 0.165 e. The third-order valence-electron chi connectivity index (χ3n) is 11.0. The zero-order valence-electron chi connectivity index (χ0n) is 28.0. The van der Waals surface area contributed by atoms with Crippen molar-refractivity contribution in [1.82, 2.24) is 19.1 Å². The molecular weight excluding hydrogens is 633 g/mol. The van der Waals surface area contributed by atoms with Gasteiger partial charge in [0.15, 0.2) is 5.82 Å². The summed E-state index contributed by atoms with van der Waals surface area (Å²) in [6.07, 6.45) is 0. The fourth-order valence-electron chi connectivity index (χ4n) is 8.68. The summed E-state index contributed by atoms with van der Waals surface area (Å²) < 4.78 is 4.75. The monoisotopic (exact) mass is 660 g/mol. The van der Waals surface area contributed by atoms with Gasteiger partial charge in [-0.15, -0.1) is 0 Å². The maximum Gasteiger partial charge on any atom is 0.165 e. The van der Waals surface area contributed by atoms with Gasteiger partial charge in [0.05, 0.1) is 33.1 Å². The average molecular weight is 661 g/mol. The molecule has 0 N–H and O–H groups in total. The number of fused-ring (bicyclic) bond motifs is 13. The minimum atomic E-state index is 0.867. The molecule has 1 aliphatic heterocycles. The van der Waals surface area contributed by atoms with Gasteiger partial charge in [-0.3, -0.25) is 4.57 Å². The lowest BCUT2D eigenvalue weighted by atomic mass is 9.95. The molecule has 12 rings (SSSR count). The van der Waals surface area contributed by atoms with Crippen LogP contribution in [-0.2, 0) is 0 Å². The normalized spacial score (nSPS) is 12.2. The molecule has 0 bridgehead atoms. The number of rotatable bonds is 2. The molecule has 0 atom stereocenters. The summed E-state index contributed by atoms with van der Waals surface area (Å²) >= 11 is 0. The molecule has 0 fully saturated rings. The van der Waals surface area contributed by atoms with Crippen LogP contribution in [0, 0.1) is 0 Å². The lowest BCUT2D eigenvalue weighted by molar-refractivity contribution is 1.09. The van der Waals surface area contributed by atoms with Crippen molar-refractivity contribution in [3.8, 4) is 45.0 Å². The molecule has 0 spiro atoms. The molecular formula is C48H28N4. The van der Waals surface area contributed by atoms with Gasteiger partial charge in [-0.1, -0.05) is 109 Å². The molecule has 52 heavy (non-hydrogen) atoms. The van der Waals surface area contributed by atoms with Crippen molar-refractivity contribution in [2.45, 2.75) is 0 Å². The van der Waals surface area contributed by atoms with Crippen molar-refractivity contribution in [2.75, 3.05) is 0 Å². The molecule has 0 radical (unpaired) electrons. The fraction of sp³-hybridized carbons (Fsp3) is 0. The first-order chi connectivity index (χ1) is 25.8. The first-order valence-electron chi connectivity index (χ1n) is 17.8. The van der Waals surface area contributed by atoms with E-state index >= 15 is 0 Å². The SMILES string of the molecule is c1ccc(-n2c3ccc(-c4ccc5c(c4)c4cccc6c4n5-c4nc5ccccc5nc4-c4ccccc4-6)cc3c3cc4ccccc4cc32)cc1. The van der Waals surface area contributed by atoms with Gasteiger partial charge in [0.25, 0.3) is 0 Å². The number of hydrogen-bond donors (Lipinski definition) is 0. The second-order valence-corrected chi connectivity index (χ2v) is 13.8. The molecule has 4 nitrogen and oxygen atoms in total. The molecule has 1 aliphatic rings. The third kappa shape index (κ3) is 3.75. The van der Waals surface area contributed by atoms with Crippen molar-refractivity contribution in [3.05, 3.63) is 170 Å². The molecule has 0 saturated carbocycles. The Kier molecular flexibility index (Phi) is 5.47. The standard InChI is InChI=1S/C48H28N4/c1-2-13-33(14-3-1)51-43-23-21-32(27-39(43)40-25-29-11-4-5-12-30(29)28-45(40)51)31-22-24-44-38(26-31)37-18-10-17-36-34-15-6-7-16-35(34)46-48(52(44)47(36)37)50-42-20-9-8-19-41(42)49-46/h1-28H. The molecule has 240 valence electrons. The minimum absolute atomic E-state index is 0.867. The van der Waals surface area contributed by atoms with Crippen molar-refractivity contribution in [3.63, 3.8) is 0 Å². The van der Waals surface area contributed by atoms with Crippen LogP contribution >= 0.6 is 0 Å². The van der Waals surface area contributed by atoms with E-state index in [2.05, 4.69) is 167 Å². The Morgan fingerprint density at radius 2 is 0.962 bits per heavy atom. The number of benzene rings is 8. The molecule has 0 unspecified atom stereocenters. The van der Waals surface area contributed by atoms with Gasteiger partial charge in [0.1, 0.15) is 5.69 Å². The maximum absolute atomic E-state index is 5.31. The van der Waals surface area contributed by atoms with E-state index in [1.165, 1.54) is 71.1 Å². The van der Waals surface area contributed by atoms with Crippen LogP contribution in [0.15, 0.2) is 170 Å². The molecule has 8 aromatic carbocycles. The second-order valence-electron chi connectivity index (χ2n) is 13.8. The van der Waals surface area contributed by atoms with Gasteiger partial charge in [-0.2, -0.15) is 0 Å². The number of para-hydroxylation sites is 4. The predicted octanol–water partition coefficient (Wildman–Crippen LogP) is 12.3. The highest BCUT2D eigenvalue weighted by atomic mass is 15.1. The summed E-state index contributed by atoms with van der Waals surface area (Å²) in [7, 11) is 0. The Balaban J connectivity index is 1.13. The Morgan fingerprint density at radius 1 is 0.365 bits per heavy atom. The van der Waals surface area contributed by atoms with E-state index in [0.29, 0.717) is 0 Å². The largest absolute Gasteiger partial charge is 0.309 e. The summed E-state index contributed by atoms with van der Waals surface area (Å²) in [5.41, 5.74) is 14.4. The van der Waals surface area contributed by atoms with Crippen molar-refractivity contribution in [2.24, 2.45) is 0 Å². The van der Waals surface area contributed by atoms with Crippen LogP contribution in [0.4, 0.5) is 0 Å². The Labute approximate surface area is 298 Å². The van der Waals surface area contributed by atoms with Gasteiger partial charge in [-0.05, 0) is 88.1 Å². The first-order valence-corrected chi connectivity index (χ1v) is 17.8. The van der Waals surface area contributed by atoms with Crippen LogP contribution in [0.1, 0.15) is 0 Å². The van der Waals surface area contributed by atoms with Gasteiger partial charge >= 0.3 is 0 Å². The van der Waals surface area contributed by atoms with Crippen LogP contribution < -0.4 is 0 Å². The van der Waals surface area contributed by atoms with Crippen LogP contribution in [0.25, 0.3) is 110 Å². The molecule has 4 heteroatoms. The molecule has 0 amide bonds. The van der Waals surface area contributed by atoms with Crippen molar-refractivity contribution < 1.29 is 0 Å². The van der Waals surface area contributed by atoms with E-state index in [1.807, 2.05) is 12.1 Å². The quantitative estimate of drug-likeness (QED) is 0.185. The molecule has 0 aliphatic carbocycles. The number of aromatic nitrogens is 4. The average Bonchev–Trinajstić information content (AvgIpc) is 3.67. The zero-order chi connectivity index (χ0) is 33.9. The van der Waals surface area contributed by atoms with E-state index in [4.69, 9.17) is 9.97 Å². The third-order valence-corrected chi connectivity index (χ3v) is 11.0. The predicted molar refractivity (Wildman–Crippen MR) is 216 cm³/mol. The van der Waals surface area contributed by atoms with Crippen LogP contribution in [0.2, 0.25) is 0 Å². The number of hydrogen-bond acceptors (Lipinski definition) is 2. The first kappa shape index (κ1) is 27.7. The fourth-order valence-corrected chi connectivity index (χ4v) is 8.68. The minimum Gasteiger partial charge on any atom is -0.309 e. The zero-order valence-corrected chi connectivity index (χ0v) is 28.0. The maximum atomic E-state index is 5.31. The van der Waals surface area contributed by atoms with Crippen LogP contribution in [0.3, 0.4) is 0 Å². The molecule has 3 aromatic heterocycles. The summed E-state index contributed by atoms with van der Waals surface area (Å²) in [4.78, 5) is 10.6. The highest BCUT2D eigenvalue weighted by Gasteiger charge is 2.27. The van der Waals surface area contributed by atoms with Crippen molar-refractivity contribution >= 4 is 65.4 Å². The molecule has 0 saturated heterocycles. The number of nitrogens with zero attached hydrogens (tertiary/aromatic N) is 4. The van der Waals surface area contributed by atoms with Crippen LogP contribution in [-0.4, -0.2) is 19.1 Å². The van der Waals surface area contributed by atoms with Gasteiger partial charge in [0, 0.05) is 38.4 Å². The summed E-state index contributed by atoms with van der Waals surface area (Å²) in [6.45, 7) is 0.